The number of aldehydes is 1. The summed E-state index contributed by atoms with van der Waals surface area (Å²) >= 11 is 0. The summed E-state index contributed by atoms with van der Waals surface area (Å²) in [6, 6.07) is 3.92. The van der Waals surface area contributed by atoms with Crippen molar-refractivity contribution in [3.05, 3.63) is 23.7 Å². The van der Waals surface area contributed by atoms with Gasteiger partial charge in [0.1, 0.15) is 5.76 Å². The molecule has 1 aromatic rings. The Morgan fingerprint density at radius 3 is 2.80 bits per heavy atom. The molecule has 4 heteroatoms. The molecule has 1 aliphatic rings. The second-order valence-corrected chi connectivity index (χ2v) is 4.04. The zero-order valence-corrected chi connectivity index (χ0v) is 8.69. The molecule has 15 heavy (non-hydrogen) atoms. The van der Waals surface area contributed by atoms with E-state index in [1.807, 2.05) is 6.07 Å². The van der Waals surface area contributed by atoms with Crippen LogP contribution in [0.3, 0.4) is 0 Å². The molecule has 4 nitrogen and oxygen atoms in total. The minimum Gasteiger partial charge on any atom is -0.457 e. The van der Waals surface area contributed by atoms with Crippen LogP contribution in [0.5, 0.6) is 0 Å². The Morgan fingerprint density at radius 1 is 1.47 bits per heavy atom. The average Bonchev–Trinajstić information content (AvgIpc) is 2.69. The van der Waals surface area contributed by atoms with Gasteiger partial charge in [-0.2, -0.15) is 0 Å². The molecular weight excluding hydrogens is 192 g/mol. The van der Waals surface area contributed by atoms with Gasteiger partial charge in [0.2, 0.25) is 0 Å². The zero-order valence-electron chi connectivity index (χ0n) is 8.69. The monoisotopic (exact) mass is 208 g/mol. The lowest BCUT2D eigenvalue weighted by atomic mass is 10.1. The molecule has 0 radical (unpaired) electrons. The molecule has 2 N–H and O–H groups in total. The highest BCUT2D eigenvalue weighted by atomic mass is 16.3. The maximum absolute atomic E-state index is 10.4. The number of rotatable bonds is 3. The lowest BCUT2D eigenvalue weighted by Crippen LogP contribution is -2.39. The number of nitrogens with zero attached hydrogens (tertiary/aromatic N) is 1. The molecule has 1 aromatic heterocycles. The van der Waals surface area contributed by atoms with Crippen LogP contribution in [-0.4, -0.2) is 30.3 Å². The Kier molecular flexibility index (Phi) is 3.18. The van der Waals surface area contributed by atoms with Gasteiger partial charge >= 0.3 is 0 Å². The maximum atomic E-state index is 10.4. The van der Waals surface area contributed by atoms with Crippen LogP contribution in [0.2, 0.25) is 0 Å². The predicted molar refractivity (Wildman–Crippen MR) is 56.6 cm³/mol. The number of likely N-dealkylation sites (tertiary alicyclic amines) is 1. The first-order valence-electron chi connectivity index (χ1n) is 5.30. The molecule has 0 unspecified atom stereocenters. The highest BCUT2D eigenvalue weighted by Crippen LogP contribution is 2.14. The SMILES string of the molecule is NC1CCN(Cc2ccc(C=O)o2)CC1. The summed E-state index contributed by atoms with van der Waals surface area (Å²) < 4.78 is 5.32. The lowest BCUT2D eigenvalue weighted by Gasteiger charge is -2.29. The number of carbonyl (C=O) groups excluding carboxylic acids is 1. The van der Waals surface area contributed by atoms with Crippen molar-refractivity contribution in [1.82, 2.24) is 4.90 Å². The van der Waals surface area contributed by atoms with Crippen molar-refractivity contribution in [3.8, 4) is 0 Å². The number of carbonyl (C=O) groups is 1. The van der Waals surface area contributed by atoms with Crippen LogP contribution in [0, 0.1) is 0 Å². The normalized spacial score (nSPS) is 19.3. The van der Waals surface area contributed by atoms with Gasteiger partial charge in [0.25, 0.3) is 0 Å². The first-order valence-corrected chi connectivity index (χ1v) is 5.30. The molecule has 0 saturated carbocycles. The number of hydrogen-bond acceptors (Lipinski definition) is 4. The van der Waals surface area contributed by atoms with Gasteiger partial charge in [0, 0.05) is 19.1 Å². The molecule has 0 atom stereocenters. The molecule has 1 saturated heterocycles. The second kappa shape index (κ2) is 4.59. The molecule has 2 rings (SSSR count). The van der Waals surface area contributed by atoms with Crippen molar-refractivity contribution in [2.24, 2.45) is 5.73 Å². The molecule has 0 aliphatic carbocycles. The minimum absolute atomic E-state index is 0.350. The zero-order chi connectivity index (χ0) is 10.7. The van der Waals surface area contributed by atoms with Crippen LogP contribution in [-0.2, 0) is 6.54 Å². The van der Waals surface area contributed by atoms with Gasteiger partial charge in [-0.25, -0.2) is 0 Å². The van der Waals surface area contributed by atoms with Gasteiger partial charge in [-0.15, -0.1) is 0 Å². The molecule has 1 fully saturated rings. The van der Waals surface area contributed by atoms with Crippen molar-refractivity contribution in [2.75, 3.05) is 13.1 Å². The summed E-state index contributed by atoms with van der Waals surface area (Å²) in [5.74, 6) is 1.26. The Hall–Kier alpha value is -1.13. The fraction of sp³-hybridized carbons (Fsp3) is 0.545. The van der Waals surface area contributed by atoms with E-state index in [4.69, 9.17) is 10.2 Å². The second-order valence-electron chi connectivity index (χ2n) is 4.04. The first-order chi connectivity index (χ1) is 7.28. The largest absolute Gasteiger partial charge is 0.457 e. The third-order valence-electron chi connectivity index (χ3n) is 2.81. The first kappa shape index (κ1) is 10.4. The predicted octanol–water partition coefficient (Wildman–Crippen LogP) is 1.02. The van der Waals surface area contributed by atoms with Crippen molar-refractivity contribution < 1.29 is 9.21 Å². The van der Waals surface area contributed by atoms with E-state index in [-0.39, 0.29) is 0 Å². The van der Waals surface area contributed by atoms with Gasteiger partial charge in [0.15, 0.2) is 12.0 Å². The fourth-order valence-corrected chi connectivity index (χ4v) is 1.87. The molecule has 0 spiro atoms. The summed E-state index contributed by atoms with van der Waals surface area (Å²) in [5, 5.41) is 0. The van der Waals surface area contributed by atoms with E-state index >= 15 is 0 Å². The number of hydrogen-bond donors (Lipinski definition) is 1. The van der Waals surface area contributed by atoms with E-state index in [2.05, 4.69) is 4.90 Å². The average molecular weight is 208 g/mol. The van der Waals surface area contributed by atoms with Crippen molar-refractivity contribution in [3.63, 3.8) is 0 Å². The summed E-state index contributed by atoms with van der Waals surface area (Å²) in [6.07, 6.45) is 2.82. The minimum atomic E-state index is 0.350. The molecule has 82 valence electrons. The molecule has 0 aromatic carbocycles. The quantitative estimate of drug-likeness (QED) is 0.753. The highest BCUT2D eigenvalue weighted by molar-refractivity contribution is 5.70. The third kappa shape index (κ3) is 2.67. The van der Waals surface area contributed by atoms with Crippen molar-refractivity contribution in [1.29, 1.82) is 0 Å². The van der Waals surface area contributed by atoms with Crippen LogP contribution in [0.15, 0.2) is 16.5 Å². The van der Waals surface area contributed by atoms with Crippen LogP contribution in [0.1, 0.15) is 29.2 Å². The third-order valence-corrected chi connectivity index (χ3v) is 2.81. The topological polar surface area (TPSA) is 59.5 Å². The van der Waals surface area contributed by atoms with Crippen LogP contribution in [0.25, 0.3) is 0 Å². The van der Waals surface area contributed by atoms with Gasteiger partial charge in [-0.05, 0) is 25.0 Å². The van der Waals surface area contributed by atoms with Crippen LogP contribution < -0.4 is 5.73 Å². The van der Waals surface area contributed by atoms with Gasteiger partial charge in [-0.1, -0.05) is 0 Å². The van der Waals surface area contributed by atoms with E-state index in [9.17, 15) is 4.79 Å². The van der Waals surface area contributed by atoms with Crippen molar-refractivity contribution in [2.45, 2.75) is 25.4 Å². The van der Waals surface area contributed by atoms with Gasteiger partial charge in [-0.3, -0.25) is 9.69 Å². The molecule has 2 heterocycles. The number of piperidine rings is 1. The maximum Gasteiger partial charge on any atom is 0.185 e. The standard InChI is InChI=1S/C11H16N2O2/c12-9-3-5-13(6-4-9)7-10-1-2-11(8-14)15-10/h1-2,8-9H,3-7,12H2. The Bertz CT molecular complexity index is 327. The summed E-state index contributed by atoms with van der Waals surface area (Å²) in [7, 11) is 0. The van der Waals surface area contributed by atoms with E-state index in [1.165, 1.54) is 0 Å². The van der Waals surface area contributed by atoms with Gasteiger partial charge in [0.05, 0.1) is 6.54 Å². The van der Waals surface area contributed by atoms with Gasteiger partial charge < -0.3 is 10.2 Å². The number of furan rings is 1. The highest BCUT2D eigenvalue weighted by Gasteiger charge is 2.16. The van der Waals surface area contributed by atoms with Crippen LogP contribution >= 0.6 is 0 Å². The van der Waals surface area contributed by atoms with E-state index in [1.54, 1.807) is 6.07 Å². The van der Waals surface area contributed by atoms with Crippen LogP contribution in [0.4, 0.5) is 0 Å². The Morgan fingerprint density at radius 2 is 2.20 bits per heavy atom. The molecular formula is C11H16N2O2. The lowest BCUT2D eigenvalue weighted by molar-refractivity contribution is 0.109. The smallest absolute Gasteiger partial charge is 0.185 e. The molecule has 0 bridgehead atoms. The van der Waals surface area contributed by atoms with E-state index in [0.29, 0.717) is 11.8 Å². The van der Waals surface area contributed by atoms with E-state index < -0.39 is 0 Å². The summed E-state index contributed by atoms with van der Waals surface area (Å²) in [5.41, 5.74) is 5.82. The van der Waals surface area contributed by atoms with E-state index in [0.717, 1.165) is 44.5 Å². The molecule has 1 aliphatic heterocycles. The Labute approximate surface area is 89.0 Å². The molecule has 0 amide bonds. The number of nitrogens with two attached hydrogens (primary N) is 1. The fourth-order valence-electron chi connectivity index (χ4n) is 1.87. The summed E-state index contributed by atoms with van der Waals surface area (Å²) in [6.45, 7) is 2.80. The Balaban J connectivity index is 1.88. The van der Waals surface area contributed by atoms with Crippen molar-refractivity contribution >= 4 is 6.29 Å². The summed E-state index contributed by atoms with van der Waals surface area (Å²) in [4.78, 5) is 12.7.